The van der Waals surface area contributed by atoms with Crippen molar-refractivity contribution in [1.82, 2.24) is 5.32 Å². The molecule has 0 heterocycles. The van der Waals surface area contributed by atoms with Crippen LogP contribution in [0.5, 0.6) is 11.5 Å². The molecule has 1 atom stereocenters. The molecule has 0 amide bonds. The third-order valence-corrected chi connectivity index (χ3v) is 5.04. The highest BCUT2D eigenvalue weighted by atomic mass is 35.5. The maximum Gasteiger partial charge on any atom is 0.339 e. The van der Waals surface area contributed by atoms with Crippen LogP contribution >= 0.6 is 12.4 Å². The molecule has 3 aromatic rings. The Kier molecular flexibility index (Phi) is 9.73. The van der Waals surface area contributed by atoms with Gasteiger partial charge < -0.3 is 19.7 Å². The molecule has 0 saturated heterocycles. The minimum Gasteiger partial charge on any atom is -0.493 e. The third-order valence-electron chi connectivity index (χ3n) is 5.04. The van der Waals surface area contributed by atoms with Crippen molar-refractivity contribution >= 4 is 18.4 Å². The van der Waals surface area contributed by atoms with Gasteiger partial charge in [0.15, 0.2) is 0 Å². The molecule has 0 radical (unpaired) electrons. The lowest BCUT2D eigenvalue weighted by Crippen LogP contribution is -2.41. The fourth-order valence-electron chi connectivity index (χ4n) is 3.28. The summed E-state index contributed by atoms with van der Waals surface area (Å²) in [5.74, 6) is 0.0690. The molecule has 7 heteroatoms. The summed E-state index contributed by atoms with van der Waals surface area (Å²) in [5.41, 5.74) is 1.62. The van der Waals surface area contributed by atoms with Crippen LogP contribution in [0.1, 0.15) is 36.2 Å². The average molecular weight is 472 g/mol. The van der Waals surface area contributed by atoms with E-state index in [-0.39, 0.29) is 18.0 Å². The van der Waals surface area contributed by atoms with Gasteiger partial charge in [0.25, 0.3) is 0 Å². The number of hydrogen-bond acceptors (Lipinski definition) is 5. The van der Waals surface area contributed by atoms with Crippen molar-refractivity contribution in [1.29, 1.82) is 0 Å². The summed E-state index contributed by atoms with van der Waals surface area (Å²) in [5, 5.41) is 23.0. The lowest BCUT2D eigenvalue weighted by Gasteiger charge is -2.25. The number of nitrogens with one attached hydrogen (secondary N) is 1. The first-order valence-electron chi connectivity index (χ1n) is 10.7. The zero-order valence-corrected chi connectivity index (χ0v) is 19.6. The normalized spacial score (nSPS) is 12.3. The maximum absolute atomic E-state index is 11.4. The number of ether oxygens (including phenoxy) is 2. The second kappa shape index (κ2) is 12.3. The summed E-state index contributed by atoms with van der Waals surface area (Å²) >= 11 is 0. The predicted octanol–water partition coefficient (Wildman–Crippen LogP) is 5.10. The van der Waals surface area contributed by atoms with E-state index in [1.54, 1.807) is 25.1 Å². The Morgan fingerprint density at radius 1 is 0.939 bits per heavy atom. The van der Waals surface area contributed by atoms with Crippen LogP contribution in [0.3, 0.4) is 0 Å². The molecular weight excluding hydrogens is 442 g/mol. The molecule has 0 fully saturated rings. The van der Waals surface area contributed by atoms with E-state index in [0.29, 0.717) is 31.3 Å². The van der Waals surface area contributed by atoms with Crippen molar-refractivity contribution in [3.05, 3.63) is 83.9 Å². The molecule has 3 aromatic carbocycles. The molecule has 6 nitrogen and oxygen atoms in total. The zero-order valence-electron chi connectivity index (χ0n) is 18.8. The summed E-state index contributed by atoms with van der Waals surface area (Å²) in [6.45, 7) is 5.01. The summed E-state index contributed by atoms with van der Waals surface area (Å²) in [4.78, 5) is 11.4. The number of rotatable bonds is 11. The molecule has 0 aliphatic rings. The quantitative estimate of drug-likeness (QED) is 0.266. The van der Waals surface area contributed by atoms with Gasteiger partial charge in [-0.05, 0) is 54.3 Å². The lowest BCUT2D eigenvalue weighted by atomic mass is 10.0. The van der Waals surface area contributed by atoms with Crippen LogP contribution in [0.2, 0.25) is 0 Å². The van der Waals surface area contributed by atoms with Gasteiger partial charge in [0, 0.05) is 6.54 Å². The van der Waals surface area contributed by atoms with Gasteiger partial charge in [0.2, 0.25) is 0 Å². The van der Waals surface area contributed by atoms with E-state index < -0.39 is 11.7 Å². The Morgan fingerprint density at radius 3 is 2.24 bits per heavy atom. The van der Waals surface area contributed by atoms with Crippen LogP contribution < -0.4 is 14.8 Å². The average Bonchev–Trinajstić information content (AvgIpc) is 2.81. The van der Waals surface area contributed by atoms with E-state index in [2.05, 4.69) is 5.32 Å². The number of carbonyl (C=O) groups is 1. The molecule has 0 aromatic heterocycles. The van der Waals surface area contributed by atoms with E-state index in [0.717, 1.165) is 23.1 Å². The van der Waals surface area contributed by atoms with Crippen LogP contribution in [0.15, 0.2) is 72.8 Å². The molecule has 0 saturated carbocycles. The van der Waals surface area contributed by atoms with E-state index in [4.69, 9.17) is 9.47 Å². The van der Waals surface area contributed by atoms with Gasteiger partial charge in [0.05, 0.1) is 6.61 Å². The Labute approximate surface area is 200 Å². The van der Waals surface area contributed by atoms with Crippen LogP contribution in [0.25, 0.3) is 11.1 Å². The molecule has 0 unspecified atom stereocenters. The first kappa shape index (κ1) is 26.2. The highest BCUT2D eigenvalue weighted by Gasteiger charge is 2.21. The van der Waals surface area contributed by atoms with Gasteiger partial charge in [-0.15, -0.1) is 12.4 Å². The number of benzene rings is 3. The first-order valence-corrected chi connectivity index (χ1v) is 10.7. The van der Waals surface area contributed by atoms with Gasteiger partial charge in [0.1, 0.15) is 29.4 Å². The fraction of sp³-hybridized carbons (Fsp3) is 0.269. The smallest absolute Gasteiger partial charge is 0.339 e. The largest absolute Gasteiger partial charge is 0.493 e. The minimum absolute atomic E-state index is 0. The van der Waals surface area contributed by atoms with E-state index in [9.17, 15) is 15.0 Å². The number of carboxylic acids is 1. The molecule has 3 N–H and O–H groups in total. The van der Waals surface area contributed by atoms with Gasteiger partial charge in [-0.2, -0.15) is 0 Å². The van der Waals surface area contributed by atoms with Crippen molar-refractivity contribution in [2.45, 2.75) is 26.0 Å². The Bertz CT molecular complexity index is 1020. The van der Waals surface area contributed by atoms with E-state index in [1.807, 2.05) is 61.5 Å². The van der Waals surface area contributed by atoms with Crippen LogP contribution in [-0.2, 0) is 5.72 Å². The van der Waals surface area contributed by atoms with Crippen molar-refractivity contribution in [2.75, 3.05) is 19.8 Å². The SMILES string of the molecule is CCCOc1cc(-c2ccc(OCCN[C@@](C)(O)c3ccccc3)cc2)ccc1C(=O)O.Cl. The fourth-order valence-corrected chi connectivity index (χ4v) is 3.28. The van der Waals surface area contributed by atoms with Gasteiger partial charge in [-0.3, -0.25) is 5.32 Å². The Hall–Kier alpha value is -3.06. The molecule has 0 spiro atoms. The monoisotopic (exact) mass is 471 g/mol. The molecule has 33 heavy (non-hydrogen) atoms. The minimum atomic E-state index is -1.13. The van der Waals surface area contributed by atoms with E-state index in [1.165, 1.54) is 0 Å². The number of aliphatic hydroxyl groups is 1. The first-order chi connectivity index (χ1) is 15.4. The highest BCUT2D eigenvalue weighted by Crippen LogP contribution is 2.29. The lowest BCUT2D eigenvalue weighted by molar-refractivity contribution is 0.0169. The van der Waals surface area contributed by atoms with Crippen molar-refractivity contribution in [2.24, 2.45) is 0 Å². The Balaban J connectivity index is 0.00000385. The maximum atomic E-state index is 11.4. The topological polar surface area (TPSA) is 88.0 Å². The number of halogens is 1. The molecule has 0 aliphatic heterocycles. The van der Waals surface area contributed by atoms with Crippen molar-refractivity contribution in [3.8, 4) is 22.6 Å². The van der Waals surface area contributed by atoms with Crippen molar-refractivity contribution in [3.63, 3.8) is 0 Å². The zero-order chi connectivity index (χ0) is 23.0. The highest BCUT2D eigenvalue weighted by molar-refractivity contribution is 5.92. The Morgan fingerprint density at radius 2 is 1.61 bits per heavy atom. The van der Waals surface area contributed by atoms with Gasteiger partial charge in [-0.25, -0.2) is 4.79 Å². The summed E-state index contributed by atoms with van der Waals surface area (Å²) in [6, 6.07) is 22.1. The summed E-state index contributed by atoms with van der Waals surface area (Å²) < 4.78 is 11.4. The second-order valence-corrected chi connectivity index (χ2v) is 7.60. The van der Waals surface area contributed by atoms with Crippen LogP contribution in [-0.4, -0.2) is 35.9 Å². The molecule has 3 rings (SSSR count). The van der Waals surface area contributed by atoms with Crippen LogP contribution in [0.4, 0.5) is 0 Å². The van der Waals surface area contributed by atoms with Crippen molar-refractivity contribution < 1.29 is 24.5 Å². The summed E-state index contributed by atoms with van der Waals surface area (Å²) in [7, 11) is 0. The van der Waals surface area contributed by atoms with E-state index >= 15 is 0 Å². The number of hydrogen-bond donors (Lipinski definition) is 3. The third kappa shape index (κ3) is 7.22. The molecule has 176 valence electrons. The molecule has 0 aliphatic carbocycles. The second-order valence-electron chi connectivity index (χ2n) is 7.60. The molecule has 0 bridgehead atoms. The molecular formula is C26H30ClNO5. The number of carboxylic acid groups (broad SMARTS) is 1. The standard InChI is InChI=1S/C26H29NO5.ClH/c1-3-16-32-24-18-20(11-14-23(24)25(28)29)19-9-12-22(13-10-19)31-17-15-27-26(2,30)21-7-5-4-6-8-21;/h4-14,18,27,30H,3,15-17H2,1-2H3,(H,28,29);1H/t26-;/m0./s1. The number of aromatic carboxylic acids is 1. The van der Waals surface area contributed by atoms with Crippen LogP contribution in [0, 0.1) is 0 Å². The summed E-state index contributed by atoms with van der Waals surface area (Å²) in [6.07, 6.45) is 0.797. The van der Waals surface area contributed by atoms with Gasteiger partial charge >= 0.3 is 5.97 Å². The van der Waals surface area contributed by atoms with Gasteiger partial charge in [-0.1, -0.05) is 55.5 Å². The predicted molar refractivity (Wildman–Crippen MR) is 131 cm³/mol.